The number of carbonyl (C=O) groups is 2. The molecule has 0 spiro atoms. The summed E-state index contributed by atoms with van der Waals surface area (Å²) in [4.78, 5) is 28.4. The normalized spacial score (nSPS) is 16.8. The molecule has 0 bridgehead atoms. The Morgan fingerprint density at radius 2 is 2.00 bits per heavy atom. The summed E-state index contributed by atoms with van der Waals surface area (Å²) in [7, 11) is 0. The highest BCUT2D eigenvalue weighted by atomic mass is 16.2. The maximum Gasteiger partial charge on any atom is 0.241 e. The summed E-state index contributed by atoms with van der Waals surface area (Å²) in [5, 5.41) is 2.87. The van der Waals surface area contributed by atoms with E-state index in [1.807, 2.05) is 48.8 Å². The molecule has 0 fully saturated rings. The molecule has 0 unspecified atom stereocenters. The van der Waals surface area contributed by atoms with Crippen LogP contribution in [0.2, 0.25) is 0 Å². The van der Waals surface area contributed by atoms with Gasteiger partial charge in [-0.25, -0.2) is 0 Å². The Balaban J connectivity index is 2.01. The van der Waals surface area contributed by atoms with Gasteiger partial charge in [0.2, 0.25) is 11.8 Å². The fourth-order valence-electron chi connectivity index (χ4n) is 3.06. The molecule has 126 valence electrons. The van der Waals surface area contributed by atoms with Crippen LogP contribution in [-0.2, 0) is 16.0 Å². The van der Waals surface area contributed by atoms with Gasteiger partial charge in [-0.1, -0.05) is 25.1 Å². The van der Waals surface area contributed by atoms with Gasteiger partial charge >= 0.3 is 0 Å². The van der Waals surface area contributed by atoms with Crippen molar-refractivity contribution in [2.45, 2.75) is 46.2 Å². The SMILES string of the molecule is CCN(CC(=O)NC(C)C)CC(=O)N1c2ccccc2C[C@H]1C. The van der Waals surface area contributed by atoms with Crippen LogP contribution in [0.4, 0.5) is 5.69 Å². The van der Waals surface area contributed by atoms with E-state index in [2.05, 4.69) is 18.3 Å². The predicted octanol–water partition coefficient (Wildman–Crippen LogP) is 1.81. The molecule has 2 rings (SSSR count). The van der Waals surface area contributed by atoms with Crippen molar-refractivity contribution >= 4 is 17.5 Å². The average molecular weight is 317 g/mol. The number of benzene rings is 1. The van der Waals surface area contributed by atoms with E-state index in [9.17, 15) is 9.59 Å². The van der Waals surface area contributed by atoms with Gasteiger partial charge in [0.05, 0.1) is 13.1 Å². The molecule has 1 N–H and O–H groups in total. The number of rotatable bonds is 6. The van der Waals surface area contributed by atoms with Crippen molar-refractivity contribution in [3.05, 3.63) is 29.8 Å². The van der Waals surface area contributed by atoms with Gasteiger partial charge in [-0.15, -0.1) is 0 Å². The van der Waals surface area contributed by atoms with E-state index in [0.717, 1.165) is 12.1 Å². The summed E-state index contributed by atoms with van der Waals surface area (Å²) in [5.74, 6) is 0.0196. The zero-order valence-electron chi connectivity index (χ0n) is 14.5. The first-order valence-corrected chi connectivity index (χ1v) is 8.34. The molecular weight excluding hydrogens is 290 g/mol. The van der Waals surface area contributed by atoms with E-state index < -0.39 is 0 Å². The Morgan fingerprint density at radius 1 is 1.30 bits per heavy atom. The summed E-state index contributed by atoms with van der Waals surface area (Å²) in [5.41, 5.74) is 2.22. The predicted molar refractivity (Wildman–Crippen MR) is 92.5 cm³/mol. The van der Waals surface area contributed by atoms with Gasteiger partial charge in [0.15, 0.2) is 0 Å². The molecular formula is C18H27N3O2. The molecule has 1 aliphatic heterocycles. The van der Waals surface area contributed by atoms with E-state index in [0.29, 0.717) is 6.54 Å². The molecule has 1 atom stereocenters. The van der Waals surface area contributed by atoms with Crippen LogP contribution >= 0.6 is 0 Å². The fraction of sp³-hybridized carbons (Fsp3) is 0.556. The molecule has 0 saturated carbocycles. The lowest BCUT2D eigenvalue weighted by Crippen LogP contribution is -2.46. The molecule has 1 heterocycles. The van der Waals surface area contributed by atoms with E-state index in [1.165, 1.54) is 5.56 Å². The molecule has 5 heteroatoms. The van der Waals surface area contributed by atoms with Crippen LogP contribution in [0.3, 0.4) is 0 Å². The average Bonchev–Trinajstić information content (AvgIpc) is 2.81. The zero-order valence-corrected chi connectivity index (χ0v) is 14.5. The second-order valence-corrected chi connectivity index (χ2v) is 6.47. The highest BCUT2D eigenvalue weighted by Gasteiger charge is 2.31. The molecule has 2 amide bonds. The third kappa shape index (κ3) is 4.32. The maximum atomic E-state index is 12.7. The van der Waals surface area contributed by atoms with E-state index in [1.54, 1.807) is 0 Å². The van der Waals surface area contributed by atoms with E-state index >= 15 is 0 Å². The van der Waals surface area contributed by atoms with Crippen molar-refractivity contribution in [2.75, 3.05) is 24.5 Å². The number of fused-ring (bicyclic) bond motifs is 1. The van der Waals surface area contributed by atoms with Crippen LogP contribution in [0.1, 0.15) is 33.3 Å². The van der Waals surface area contributed by atoms with Crippen LogP contribution < -0.4 is 10.2 Å². The molecule has 0 saturated heterocycles. The monoisotopic (exact) mass is 317 g/mol. The molecule has 0 radical (unpaired) electrons. The number of likely N-dealkylation sites (N-methyl/N-ethyl adjacent to an activating group) is 1. The molecule has 23 heavy (non-hydrogen) atoms. The maximum absolute atomic E-state index is 12.7. The summed E-state index contributed by atoms with van der Waals surface area (Å²) in [6.07, 6.45) is 0.891. The second kappa shape index (κ2) is 7.59. The number of hydrogen-bond acceptors (Lipinski definition) is 3. The molecule has 1 aliphatic rings. The van der Waals surface area contributed by atoms with Crippen molar-refractivity contribution in [2.24, 2.45) is 0 Å². The fourth-order valence-corrected chi connectivity index (χ4v) is 3.06. The Morgan fingerprint density at radius 3 is 2.65 bits per heavy atom. The van der Waals surface area contributed by atoms with Gasteiger partial charge in [-0.2, -0.15) is 0 Å². The lowest BCUT2D eigenvalue weighted by atomic mass is 10.1. The van der Waals surface area contributed by atoms with Crippen molar-refractivity contribution in [1.82, 2.24) is 10.2 Å². The highest BCUT2D eigenvalue weighted by Crippen LogP contribution is 2.31. The number of carbonyl (C=O) groups excluding carboxylic acids is 2. The third-order valence-electron chi connectivity index (χ3n) is 4.10. The van der Waals surface area contributed by atoms with Crippen molar-refractivity contribution < 1.29 is 9.59 Å². The quantitative estimate of drug-likeness (QED) is 0.870. The molecule has 0 aromatic heterocycles. The molecule has 1 aromatic carbocycles. The summed E-state index contributed by atoms with van der Waals surface area (Å²) < 4.78 is 0. The number of amides is 2. The second-order valence-electron chi connectivity index (χ2n) is 6.47. The number of anilines is 1. The third-order valence-corrected chi connectivity index (χ3v) is 4.10. The Labute approximate surface area is 138 Å². The van der Waals surface area contributed by atoms with Crippen LogP contribution in [0.5, 0.6) is 0 Å². The summed E-state index contributed by atoms with van der Waals surface area (Å²) in [6, 6.07) is 8.33. The number of nitrogens with one attached hydrogen (secondary N) is 1. The number of para-hydroxylation sites is 1. The first-order valence-electron chi connectivity index (χ1n) is 8.34. The Bertz CT molecular complexity index is 571. The van der Waals surface area contributed by atoms with Gasteiger partial charge in [-0.3, -0.25) is 14.5 Å². The van der Waals surface area contributed by atoms with E-state index in [4.69, 9.17) is 0 Å². The minimum atomic E-state index is -0.0375. The van der Waals surface area contributed by atoms with Crippen molar-refractivity contribution in [3.8, 4) is 0 Å². The van der Waals surface area contributed by atoms with Crippen LogP contribution in [0.15, 0.2) is 24.3 Å². The lowest BCUT2D eigenvalue weighted by Gasteiger charge is -2.27. The van der Waals surface area contributed by atoms with Crippen molar-refractivity contribution in [3.63, 3.8) is 0 Å². The van der Waals surface area contributed by atoms with E-state index in [-0.39, 0.29) is 37.0 Å². The first-order chi connectivity index (χ1) is 10.9. The lowest BCUT2D eigenvalue weighted by molar-refractivity contribution is -0.124. The first kappa shape index (κ1) is 17.5. The largest absolute Gasteiger partial charge is 0.353 e. The van der Waals surface area contributed by atoms with Gasteiger partial charge in [0.25, 0.3) is 0 Å². The number of nitrogens with zero attached hydrogens (tertiary/aromatic N) is 2. The minimum Gasteiger partial charge on any atom is -0.353 e. The number of hydrogen-bond donors (Lipinski definition) is 1. The van der Waals surface area contributed by atoms with Gasteiger partial charge in [0.1, 0.15) is 0 Å². The van der Waals surface area contributed by atoms with Crippen LogP contribution in [0.25, 0.3) is 0 Å². The van der Waals surface area contributed by atoms with Crippen molar-refractivity contribution in [1.29, 1.82) is 0 Å². The minimum absolute atomic E-state index is 0.0375. The summed E-state index contributed by atoms with van der Waals surface area (Å²) >= 11 is 0. The van der Waals surface area contributed by atoms with Crippen LogP contribution in [-0.4, -0.2) is 48.4 Å². The Hall–Kier alpha value is -1.88. The van der Waals surface area contributed by atoms with Gasteiger partial charge < -0.3 is 10.2 Å². The highest BCUT2D eigenvalue weighted by molar-refractivity contribution is 5.97. The molecule has 5 nitrogen and oxygen atoms in total. The zero-order chi connectivity index (χ0) is 17.0. The summed E-state index contributed by atoms with van der Waals surface area (Å²) in [6.45, 7) is 9.09. The van der Waals surface area contributed by atoms with Gasteiger partial charge in [-0.05, 0) is 45.4 Å². The smallest absolute Gasteiger partial charge is 0.241 e. The topological polar surface area (TPSA) is 52.7 Å². The van der Waals surface area contributed by atoms with Gasteiger partial charge in [0, 0.05) is 17.8 Å². The molecule has 0 aliphatic carbocycles. The standard InChI is InChI=1S/C18H27N3O2/c1-5-20(11-17(22)19-13(2)3)12-18(23)21-14(4)10-15-8-6-7-9-16(15)21/h6-9,13-14H,5,10-12H2,1-4H3,(H,19,22)/t14-/m1/s1. The molecule has 1 aromatic rings. The van der Waals surface area contributed by atoms with Crippen LogP contribution in [0, 0.1) is 0 Å². The Kier molecular flexibility index (Phi) is 5.77.